The summed E-state index contributed by atoms with van der Waals surface area (Å²) in [5.74, 6) is -0.770. The van der Waals surface area contributed by atoms with Gasteiger partial charge in [0.05, 0.1) is 0 Å². The monoisotopic (exact) mass is 499 g/mol. The minimum absolute atomic E-state index is 0.0968. The van der Waals surface area contributed by atoms with Crippen LogP contribution in [0, 0.1) is 19.8 Å². The highest BCUT2D eigenvalue weighted by Gasteiger charge is 2.38. The van der Waals surface area contributed by atoms with Gasteiger partial charge in [-0.3, -0.25) is 9.59 Å². The molecule has 1 saturated carbocycles. The Morgan fingerprint density at radius 2 is 1.69 bits per heavy atom. The molecule has 1 aromatic rings. The second kappa shape index (κ2) is 12.9. The maximum absolute atomic E-state index is 14.0. The summed E-state index contributed by atoms with van der Waals surface area (Å²) in [6.45, 7) is 17.0. The largest absolute Gasteiger partial charge is 0.444 e. The van der Waals surface area contributed by atoms with Gasteiger partial charge in [-0.05, 0) is 70.1 Å². The lowest BCUT2D eigenvalue weighted by molar-refractivity contribution is -0.143. The number of carbonyl (C=O) groups excluding carboxylic acids is 3. The van der Waals surface area contributed by atoms with Gasteiger partial charge in [0.2, 0.25) is 11.8 Å². The summed E-state index contributed by atoms with van der Waals surface area (Å²) in [7, 11) is 0. The van der Waals surface area contributed by atoms with E-state index in [1.54, 1.807) is 31.7 Å². The van der Waals surface area contributed by atoms with Crippen molar-refractivity contribution in [1.82, 2.24) is 15.5 Å². The van der Waals surface area contributed by atoms with Crippen molar-refractivity contribution < 1.29 is 19.1 Å². The first-order chi connectivity index (χ1) is 16.9. The molecule has 1 fully saturated rings. The van der Waals surface area contributed by atoms with Gasteiger partial charge in [-0.15, -0.1) is 6.58 Å². The van der Waals surface area contributed by atoms with E-state index in [2.05, 4.69) is 17.2 Å². The normalized spacial score (nSPS) is 16.1. The van der Waals surface area contributed by atoms with Crippen LogP contribution >= 0.6 is 0 Å². The summed E-state index contributed by atoms with van der Waals surface area (Å²) in [5, 5.41) is 5.98. The molecule has 0 spiro atoms. The third kappa shape index (κ3) is 8.10. The molecule has 2 rings (SSSR count). The maximum Gasteiger partial charge on any atom is 0.408 e. The van der Waals surface area contributed by atoms with Crippen LogP contribution in [0.5, 0.6) is 0 Å². The number of benzene rings is 1. The van der Waals surface area contributed by atoms with Crippen molar-refractivity contribution in [3.8, 4) is 0 Å². The van der Waals surface area contributed by atoms with Gasteiger partial charge < -0.3 is 20.3 Å². The summed E-state index contributed by atoms with van der Waals surface area (Å²) in [6, 6.07) is 4.25. The summed E-state index contributed by atoms with van der Waals surface area (Å²) in [4.78, 5) is 42.1. The number of aryl methyl sites for hydroxylation is 2. The minimum Gasteiger partial charge on any atom is -0.444 e. The fourth-order valence-electron chi connectivity index (χ4n) is 4.80. The van der Waals surface area contributed by atoms with Crippen molar-refractivity contribution in [3.63, 3.8) is 0 Å². The number of rotatable bonds is 9. The predicted molar refractivity (Wildman–Crippen MR) is 144 cm³/mol. The number of nitrogens with one attached hydrogen (secondary N) is 2. The summed E-state index contributed by atoms with van der Waals surface area (Å²) >= 11 is 0. The molecule has 1 aliphatic rings. The van der Waals surface area contributed by atoms with Crippen molar-refractivity contribution in [2.24, 2.45) is 5.92 Å². The zero-order valence-corrected chi connectivity index (χ0v) is 23.1. The number of nitrogens with zero attached hydrogens (tertiary/aromatic N) is 1. The molecular weight excluding hydrogens is 454 g/mol. The first-order valence-corrected chi connectivity index (χ1v) is 13.1. The Balaban J connectivity index is 2.48. The lowest BCUT2D eigenvalue weighted by Crippen LogP contribution is -2.55. The van der Waals surface area contributed by atoms with Gasteiger partial charge in [-0.1, -0.05) is 57.4 Å². The van der Waals surface area contributed by atoms with E-state index in [1.807, 2.05) is 45.9 Å². The van der Waals surface area contributed by atoms with Crippen LogP contribution in [0.1, 0.15) is 89.5 Å². The molecule has 0 heterocycles. The van der Waals surface area contributed by atoms with Gasteiger partial charge in [0, 0.05) is 12.6 Å². The summed E-state index contributed by atoms with van der Waals surface area (Å²) < 4.78 is 5.42. The van der Waals surface area contributed by atoms with Crippen LogP contribution in [0.2, 0.25) is 0 Å². The fraction of sp³-hybridized carbons (Fsp3) is 0.621. The maximum atomic E-state index is 14.0. The molecule has 7 nitrogen and oxygen atoms in total. The second-order valence-corrected chi connectivity index (χ2v) is 11.2. The highest BCUT2D eigenvalue weighted by Crippen LogP contribution is 2.30. The van der Waals surface area contributed by atoms with E-state index in [4.69, 9.17) is 4.74 Å². The van der Waals surface area contributed by atoms with E-state index in [9.17, 15) is 14.4 Å². The zero-order valence-electron chi connectivity index (χ0n) is 23.1. The second-order valence-electron chi connectivity index (χ2n) is 11.2. The average Bonchev–Trinajstić information content (AvgIpc) is 2.77. The number of carbonyl (C=O) groups is 3. The van der Waals surface area contributed by atoms with E-state index in [-0.39, 0.29) is 30.3 Å². The average molecular weight is 500 g/mol. The van der Waals surface area contributed by atoms with Crippen LogP contribution in [0.15, 0.2) is 30.9 Å². The molecule has 1 aliphatic carbocycles. The number of hydrogen-bond acceptors (Lipinski definition) is 4. The van der Waals surface area contributed by atoms with Crippen molar-refractivity contribution in [3.05, 3.63) is 47.5 Å². The van der Waals surface area contributed by atoms with Crippen LogP contribution < -0.4 is 10.6 Å². The highest BCUT2D eigenvalue weighted by atomic mass is 16.6. The van der Waals surface area contributed by atoms with Gasteiger partial charge in [0.1, 0.15) is 17.7 Å². The van der Waals surface area contributed by atoms with E-state index in [0.29, 0.717) is 0 Å². The van der Waals surface area contributed by atoms with Crippen molar-refractivity contribution in [2.75, 3.05) is 6.54 Å². The van der Waals surface area contributed by atoms with Crippen LogP contribution in [0.3, 0.4) is 0 Å². The molecule has 3 amide bonds. The third-order valence-electron chi connectivity index (χ3n) is 6.54. The molecule has 7 heteroatoms. The Hall–Kier alpha value is -2.83. The summed E-state index contributed by atoms with van der Waals surface area (Å²) in [5.41, 5.74) is 1.97. The van der Waals surface area contributed by atoms with Crippen LogP contribution in [0.4, 0.5) is 4.79 Å². The van der Waals surface area contributed by atoms with Crippen molar-refractivity contribution >= 4 is 17.9 Å². The van der Waals surface area contributed by atoms with Crippen molar-refractivity contribution in [1.29, 1.82) is 0 Å². The fourth-order valence-corrected chi connectivity index (χ4v) is 4.80. The Bertz CT molecular complexity index is 909. The molecule has 0 saturated heterocycles. The molecule has 2 unspecified atom stereocenters. The molecule has 36 heavy (non-hydrogen) atoms. The Morgan fingerprint density at radius 1 is 1.11 bits per heavy atom. The molecule has 0 aliphatic heterocycles. The van der Waals surface area contributed by atoms with Crippen LogP contribution in [-0.4, -0.2) is 47.0 Å². The molecule has 0 bridgehead atoms. The van der Waals surface area contributed by atoms with E-state index in [1.165, 1.54) is 6.42 Å². The summed E-state index contributed by atoms with van der Waals surface area (Å²) in [6.07, 6.45) is 6.19. The van der Waals surface area contributed by atoms with Gasteiger partial charge in [0.25, 0.3) is 0 Å². The standard InChI is InChI=1S/C29H45N3O4/c1-9-18-32(27(34)24(19(2)3)31-28(35)36-29(6,7)8)25(23-20(4)14-13-15-21(23)5)26(33)30-22-16-11-10-12-17-22/h9,13-15,19,22,24-25H,1,10-12,16-18H2,2-8H3,(H,30,33)(H,31,35). The topological polar surface area (TPSA) is 87.7 Å². The van der Waals surface area contributed by atoms with E-state index >= 15 is 0 Å². The first kappa shape index (κ1) is 29.4. The van der Waals surface area contributed by atoms with E-state index < -0.39 is 23.8 Å². The predicted octanol–water partition coefficient (Wildman–Crippen LogP) is 5.36. The lowest BCUT2D eigenvalue weighted by Gasteiger charge is -2.37. The lowest BCUT2D eigenvalue weighted by atomic mass is 9.91. The Morgan fingerprint density at radius 3 is 2.19 bits per heavy atom. The minimum atomic E-state index is -0.867. The van der Waals surface area contributed by atoms with E-state index in [0.717, 1.165) is 42.4 Å². The molecule has 0 radical (unpaired) electrons. The third-order valence-corrected chi connectivity index (χ3v) is 6.54. The van der Waals surface area contributed by atoms with Gasteiger partial charge in [-0.2, -0.15) is 0 Å². The SMILES string of the molecule is C=CCN(C(=O)C(NC(=O)OC(C)(C)C)C(C)C)C(C(=O)NC1CCCCC1)c1c(C)cccc1C. The number of hydrogen-bond donors (Lipinski definition) is 2. The molecule has 0 aromatic heterocycles. The Labute approximate surface area is 217 Å². The molecule has 200 valence electrons. The first-order valence-electron chi connectivity index (χ1n) is 13.1. The van der Waals surface area contributed by atoms with Crippen LogP contribution in [0.25, 0.3) is 0 Å². The molecule has 1 aromatic carbocycles. The number of alkyl carbamates (subject to hydrolysis) is 1. The van der Waals surface area contributed by atoms with Gasteiger partial charge in [0.15, 0.2) is 0 Å². The highest BCUT2D eigenvalue weighted by molar-refractivity contribution is 5.93. The smallest absolute Gasteiger partial charge is 0.408 e. The number of ether oxygens (including phenoxy) is 1. The van der Waals surface area contributed by atoms with Crippen molar-refractivity contribution in [2.45, 2.75) is 104 Å². The van der Waals surface area contributed by atoms with Gasteiger partial charge >= 0.3 is 6.09 Å². The Kier molecular flexibility index (Phi) is 10.6. The van der Waals surface area contributed by atoms with Crippen LogP contribution in [-0.2, 0) is 14.3 Å². The molecular formula is C29H45N3O4. The molecule has 2 atom stereocenters. The zero-order chi connectivity index (χ0) is 27.0. The van der Waals surface area contributed by atoms with Gasteiger partial charge in [-0.25, -0.2) is 4.79 Å². The number of amides is 3. The molecule has 2 N–H and O–H groups in total. The quantitative estimate of drug-likeness (QED) is 0.448.